The first kappa shape index (κ1) is 30.9. The Hall–Kier alpha value is -1.06. The predicted molar refractivity (Wildman–Crippen MR) is 135 cm³/mol. The molecule has 0 fully saturated rings. The van der Waals surface area contributed by atoms with Crippen molar-refractivity contribution in [2.75, 3.05) is 0 Å². The van der Waals surface area contributed by atoms with Crippen molar-refractivity contribution in [2.45, 2.75) is 161 Å². The van der Waals surface area contributed by atoms with Crippen LogP contribution >= 0.6 is 0 Å². The van der Waals surface area contributed by atoms with Crippen LogP contribution in [0.25, 0.3) is 0 Å². The van der Waals surface area contributed by atoms with Crippen molar-refractivity contribution in [3.63, 3.8) is 0 Å². The molecule has 2 N–H and O–H groups in total. The van der Waals surface area contributed by atoms with Crippen molar-refractivity contribution in [3.8, 4) is 0 Å². The Morgan fingerprint density at radius 3 is 1.12 bits per heavy atom. The Bertz CT molecular complexity index is 422. The fraction of sp³-hybridized carbons (Fsp3) is 0.929. The van der Waals surface area contributed by atoms with Crippen LogP contribution in [0.1, 0.15) is 161 Å². The number of rotatable bonds is 26. The summed E-state index contributed by atoms with van der Waals surface area (Å²) in [7, 11) is 0. The summed E-state index contributed by atoms with van der Waals surface area (Å²) >= 11 is 0. The Morgan fingerprint density at radius 2 is 0.812 bits per heavy atom. The van der Waals surface area contributed by atoms with E-state index >= 15 is 0 Å². The van der Waals surface area contributed by atoms with Crippen LogP contribution in [-0.2, 0) is 9.59 Å². The molecule has 0 aromatic rings. The predicted octanol–water partition coefficient (Wildman–Crippen LogP) is 9.15. The van der Waals surface area contributed by atoms with E-state index in [2.05, 4.69) is 6.92 Å². The van der Waals surface area contributed by atoms with Crippen LogP contribution < -0.4 is 0 Å². The summed E-state index contributed by atoms with van der Waals surface area (Å²) in [6.07, 6.45) is 27.9. The lowest BCUT2D eigenvalue weighted by Crippen LogP contribution is -2.13. The van der Waals surface area contributed by atoms with Crippen molar-refractivity contribution in [1.82, 2.24) is 0 Å². The Labute approximate surface area is 199 Å². The molecule has 1 unspecified atom stereocenters. The minimum atomic E-state index is -0.671. The van der Waals surface area contributed by atoms with Gasteiger partial charge in [-0.1, -0.05) is 135 Å². The lowest BCUT2D eigenvalue weighted by molar-refractivity contribution is -0.142. The number of unbranched alkanes of at least 4 members (excludes halogenated alkanes) is 19. The molecule has 0 aliphatic heterocycles. The zero-order valence-electron chi connectivity index (χ0n) is 21.3. The van der Waals surface area contributed by atoms with E-state index in [1.807, 2.05) is 0 Å². The molecule has 0 aliphatic rings. The zero-order valence-corrected chi connectivity index (χ0v) is 21.3. The van der Waals surface area contributed by atoms with Gasteiger partial charge in [-0.3, -0.25) is 9.59 Å². The second-order valence-corrected chi connectivity index (χ2v) is 9.83. The molecular formula is C28H54O4. The molecule has 0 rings (SSSR count). The van der Waals surface area contributed by atoms with E-state index in [4.69, 9.17) is 5.11 Å². The van der Waals surface area contributed by atoms with Gasteiger partial charge in [0.1, 0.15) is 0 Å². The second-order valence-electron chi connectivity index (χ2n) is 9.83. The van der Waals surface area contributed by atoms with Gasteiger partial charge < -0.3 is 10.2 Å². The number of hydrogen-bond acceptors (Lipinski definition) is 2. The normalized spacial score (nSPS) is 12.2. The molecule has 0 spiro atoms. The van der Waals surface area contributed by atoms with Crippen molar-refractivity contribution in [1.29, 1.82) is 0 Å². The van der Waals surface area contributed by atoms with Crippen molar-refractivity contribution >= 4 is 11.9 Å². The quantitative estimate of drug-likeness (QED) is 0.128. The highest BCUT2D eigenvalue weighted by atomic mass is 16.4. The molecule has 32 heavy (non-hydrogen) atoms. The molecule has 4 nitrogen and oxygen atoms in total. The largest absolute Gasteiger partial charge is 0.481 e. The summed E-state index contributed by atoms with van der Waals surface area (Å²) in [6, 6.07) is 0. The first-order valence-corrected chi connectivity index (χ1v) is 14.0. The minimum Gasteiger partial charge on any atom is -0.481 e. The van der Waals surface area contributed by atoms with Crippen LogP contribution in [0, 0.1) is 5.92 Å². The average molecular weight is 455 g/mol. The van der Waals surface area contributed by atoms with E-state index in [0.29, 0.717) is 6.42 Å². The molecule has 0 heterocycles. The summed E-state index contributed by atoms with van der Waals surface area (Å²) in [6.45, 7) is 2.22. The minimum absolute atomic E-state index is 0.120. The van der Waals surface area contributed by atoms with Gasteiger partial charge >= 0.3 is 11.9 Å². The highest BCUT2D eigenvalue weighted by Crippen LogP contribution is 2.20. The van der Waals surface area contributed by atoms with E-state index in [-0.39, 0.29) is 5.92 Å². The topological polar surface area (TPSA) is 74.6 Å². The standard InChI is InChI=1S/C28H54O4/c1-2-3-4-5-17-20-23-26(28(31)32)24-21-18-15-13-11-9-7-6-8-10-12-14-16-19-22-25-27(29)30/h26H,2-25H2,1H3,(H,29,30)(H,31,32). The molecule has 0 aromatic heterocycles. The maximum atomic E-state index is 11.5. The van der Waals surface area contributed by atoms with E-state index in [1.54, 1.807) is 0 Å². The zero-order chi connectivity index (χ0) is 23.7. The van der Waals surface area contributed by atoms with Crippen LogP contribution in [0.5, 0.6) is 0 Å². The highest BCUT2D eigenvalue weighted by Gasteiger charge is 2.16. The van der Waals surface area contributed by atoms with Crippen LogP contribution in [0.3, 0.4) is 0 Å². The van der Waals surface area contributed by atoms with Crippen molar-refractivity contribution < 1.29 is 19.8 Å². The summed E-state index contributed by atoms with van der Waals surface area (Å²) < 4.78 is 0. The van der Waals surface area contributed by atoms with Crippen LogP contribution in [0.4, 0.5) is 0 Å². The maximum Gasteiger partial charge on any atom is 0.306 e. The fourth-order valence-corrected chi connectivity index (χ4v) is 4.53. The first-order chi connectivity index (χ1) is 15.6. The Kier molecular flexibility index (Phi) is 23.8. The summed E-state index contributed by atoms with van der Waals surface area (Å²) in [5, 5.41) is 18.0. The summed E-state index contributed by atoms with van der Waals surface area (Å²) in [5.74, 6) is -1.38. The van der Waals surface area contributed by atoms with Gasteiger partial charge in [-0.15, -0.1) is 0 Å². The van der Waals surface area contributed by atoms with Crippen molar-refractivity contribution in [2.24, 2.45) is 5.92 Å². The van der Waals surface area contributed by atoms with Crippen LogP contribution in [0.2, 0.25) is 0 Å². The lowest BCUT2D eigenvalue weighted by atomic mass is 9.94. The molecule has 0 saturated heterocycles. The molecular weight excluding hydrogens is 400 g/mol. The molecule has 0 radical (unpaired) electrons. The van der Waals surface area contributed by atoms with E-state index < -0.39 is 11.9 Å². The van der Waals surface area contributed by atoms with Gasteiger partial charge in [-0.05, 0) is 19.3 Å². The maximum absolute atomic E-state index is 11.5. The smallest absolute Gasteiger partial charge is 0.306 e. The second kappa shape index (κ2) is 24.6. The summed E-state index contributed by atoms with van der Waals surface area (Å²) in [4.78, 5) is 21.9. The molecule has 4 heteroatoms. The van der Waals surface area contributed by atoms with Gasteiger partial charge in [0.15, 0.2) is 0 Å². The third-order valence-electron chi connectivity index (χ3n) is 6.70. The van der Waals surface area contributed by atoms with Crippen molar-refractivity contribution in [3.05, 3.63) is 0 Å². The number of aliphatic carboxylic acids is 2. The third kappa shape index (κ3) is 23.6. The first-order valence-electron chi connectivity index (χ1n) is 14.0. The van der Waals surface area contributed by atoms with Crippen LogP contribution in [0.15, 0.2) is 0 Å². The van der Waals surface area contributed by atoms with Gasteiger partial charge in [0, 0.05) is 6.42 Å². The van der Waals surface area contributed by atoms with E-state index in [9.17, 15) is 14.7 Å². The molecule has 0 amide bonds. The fourth-order valence-electron chi connectivity index (χ4n) is 4.53. The number of hydrogen-bond donors (Lipinski definition) is 2. The Morgan fingerprint density at radius 1 is 0.500 bits per heavy atom. The molecule has 0 saturated carbocycles. The molecule has 0 bridgehead atoms. The molecule has 0 aliphatic carbocycles. The molecule has 190 valence electrons. The van der Waals surface area contributed by atoms with Gasteiger partial charge in [0.2, 0.25) is 0 Å². The third-order valence-corrected chi connectivity index (χ3v) is 6.70. The Balaban J connectivity index is 3.34. The van der Waals surface area contributed by atoms with E-state index in [1.165, 1.54) is 109 Å². The average Bonchev–Trinajstić information content (AvgIpc) is 2.76. The van der Waals surface area contributed by atoms with Gasteiger partial charge in [0.25, 0.3) is 0 Å². The monoisotopic (exact) mass is 454 g/mol. The van der Waals surface area contributed by atoms with Crippen LogP contribution in [-0.4, -0.2) is 22.2 Å². The number of carboxylic acids is 2. The summed E-state index contributed by atoms with van der Waals surface area (Å²) in [5.41, 5.74) is 0. The van der Waals surface area contributed by atoms with Gasteiger partial charge in [0.05, 0.1) is 5.92 Å². The van der Waals surface area contributed by atoms with E-state index in [0.717, 1.165) is 38.5 Å². The molecule has 0 aromatic carbocycles. The highest BCUT2D eigenvalue weighted by molar-refractivity contribution is 5.69. The van der Waals surface area contributed by atoms with Gasteiger partial charge in [-0.2, -0.15) is 0 Å². The molecule has 1 atom stereocenters. The number of carbonyl (C=O) groups is 2. The number of carboxylic acid groups (broad SMARTS) is 2. The SMILES string of the molecule is CCCCCCCCC(CCCCCCCCCCCCCCCCCC(=O)O)C(=O)O. The lowest BCUT2D eigenvalue weighted by Gasteiger charge is -2.12. The van der Waals surface area contributed by atoms with Gasteiger partial charge in [-0.25, -0.2) is 0 Å².